The number of benzene rings is 1. The molecule has 0 saturated heterocycles. The zero-order chi connectivity index (χ0) is 15.2. The molecule has 0 bridgehead atoms. The van der Waals surface area contributed by atoms with E-state index in [-0.39, 0.29) is 6.04 Å². The van der Waals surface area contributed by atoms with E-state index in [1.165, 1.54) is 11.1 Å². The molecule has 2 aromatic rings. The van der Waals surface area contributed by atoms with Crippen molar-refractivity contribution in [2.24, 2.45) is 0 Å². The van der Waals surface area contributed by atoms with Gasteiger partial charge < -0.3 is 10.1 Å². The zero-order valence-electron chi connectivity index (χ0n) is 12.7. The van der Waals surface area contributed by atoms with Crippen molar-refractivity contribution in [3.63, 3.8) is 0 Å². The van der Waals surface area contributed by atoms with Crippen LogP contribution in [0.4, 0.5) is 0 Å². The van der Waals surface area contributed by atoms with Gasteiger partial charge in [0, 0.05) is 10.7 Å². The Labute approximate surface area is 134 Å². The van der Waals surface area contributed by atoms with E-state index in [0.29, 0.717) is 0 Å². The molecule has 0 fully saturated rings. The molecular formula is C17H21BrN2O. The van der Waals surface area contributed by atoms with Crippen LogP contribution in [0.2, 0.25) is 0 Å². The molecule has 21 heavy (non-hydrogen) atoms. The van der Waals surface area contributed by atoms with Crippen molar-refractivity contribution in [2.75, 3.05) is 13.7 Å². The highest BCUT2D eigenvalue weighted by atomic mass is 79.9. The van der Waals surface area contributed by atoms with E-state index in [9.17, 15) is 0 Å². The summed E-state index contributed by atoms with van der Waals surface area (Å²) in [6.45, 7) is 5.21. The largest absolute Gasteiger partial charge is 0.495 e. The van der Waals surface area contributed by atoms with Gasteiger partial charge in [-0.05, 0) is 49.2 Å². The van der Waals surface area contributed by atoms with E-state index in [2.05, 4.69) is 58.3 Å². The summed E-state index contributed by atoms with van der Waals surface area (Å²) in [4.78, 5) is 4.55. The summed E-state index contributed by atoms with van der Waals surface area (Å²) in [6, 6.07) is 10.1. The smallest absolute Gasteiger partial charge is 0.142 e. The fraction of sp³-hybridized carbons (Fsp3) is 0.353. The average Bonchev–Trinajstić information content (AvgIpc) is 2.52. The highest BCUT2D eigenvalue weighted by molar-refractivity contribution is 9.10. The number of nitrogens with one attached hydrogen (secondary N) is 1. The van der Waals surface area contributed by atoms with Gasteiger partial charge in [0.1, 0.15) is 11.4 Å². The minimum atomic E-state index is 0.0265. The van der Waals surface area contributed by atoms with E-state index in [4.69, 9.17) is 4.74 Å². The molecule has 2 rings (SSSR count). The van der Waals surface area contributed by atoms with Gasteiger partial charge in [0.2, 0.25) is 0 Å². The number of pyridine rings is 1. The van der Waals surface area contributed by atoms with Crippen molar-refractivity contribution >= 4 is 15.9 Å². The summed E-state index contributed by atoms with van der Waals surface area (Å²) in [7, 11) is 1.69. The topological polar surface area (TPSA) is 34.2 Å². The van der Waals surface area contributed by atoms with Crippen LogP contribution in [0.25, 0.3) is 0 Å². The van der Waals surface area contributed by atoms with Crippen LogP contribution in [0.5, 0.6) is 5.75 Å². The number of rotatable bonds is 6. The number of hydrogen-bond donors (Lipinski definition) is 1. The lowest BCUT2D eigenvalue weighted by molar-refractivity contribution is 0.399. The summed E-state index contributed by atoms with van der Waals surface area (Å²) in [5.74, 6) is 0.811. The van der Waals surface area contributed by atoms with E-state index in [0.717, 1.165) is 28.9 Å². The minimum Gasteiger partial charge on any atom is -0.495 e. The lowest BCUT2D eigenvalue weighted by atomic mass is 9.97. The van der Waals surface area contributed by atoms with Crippen LogP contribution in [-0.4, -0.2) is 18.6 Å². The molecule has 1 aromatic heterocycles. The third kappa shape index (κ3) is 3.63. The predicted octanol–water partition coefficient (Wildman–Crippen LogP) is 4.25. The highest BCUT2D eigenvalue weighted by Gasteiger charge is 2.21. The van der Waals surface area contributed by atoms with Gasteiger partial charge in [-0.15, -0.1) is 0 Å². The summed E-state index contributed by atoms with van der Waals surface area (Å²) in [6.07, 6.45) is 2.88. The first-order valence-electron chi connectivity index (χ1n) is 7.16. The molecule has 112 valence electrons. The van der Waals surface area contributed by atoms with Crippen molar-refractivity contribution in [3.05, 3.63) is 57.8 Å². The van der Waals surface area contributed by atoms with Crippen molar-refractivity contribution in [1.82, 2.24) is 10.3 Å². The second-order valence-electron chi connectivity index (χ2n) is 4.93. The van der Waals surface area contributed by atoms with Crippen LogP contribution in [-0.2, 0) is 0 Å². The molecule has 0 saturated carbocycles. The third-order valence-electron chi connectivity index (χ3n) is 3.51. The van der Waals surface area contributed by atoms with Crippen LogP contribution in [0.15, 0.2) is 41.0 Å². The second-order valence-corrected chi connectivity index (χ2v) is 5.79. The van der Waals surface area contributed by atoms with Gasteiger partial charge in [-0.1, -0.05) is 35.0 Å². The van der Waals surface area contributed by atoms with Crippen LogP contribution < -0.4 is 10.1 Å². The molecule has 0 spiro atoms. The van der Waals surface area contributed by atoms with Crippen molar-refractivity contribution in [1.29, 1.82) is 0 Å². The SMILES string of the molecule is CCCNC(c1cccc(Br)c1C)c1ncccc1OC. The molecular weight excluding hydrogens is 328 g/mol. The lowest BCUT2D eigenvalue weighted by Gasteiger charge is -2.22. The van der Waals surface area contributed by atoms with Crippen molar-refractivity contribution in [2.45, 2.75) is 26.3 Å². The Bertz CT molecular complexity index is 601. The molecule has 1 N–H and O–H groups in total. The Morgan fingerprint density at radius 3 is 2.81 bits per heavy atom. The predicted molar refractivity (Wildman–Crippen MR) is 89.8 cm³/mol. The van der Waals surface area contributed by atoms with Crippen LogP contribution in [0, 0.1) is 6.92 Å². The van der Waals surface area contributed by atoms with Gasteiger partial charge in [-0.2, -0.15) is 0 Å². The Hall–Kier alpha value is -1.39. The number of hydrogen-bond acceptors (Lipinski definition) is 3. The molecule has 1 unspecified atom stereocenters. The zero-order valence-corrected chi connectivity index (χ0v) is 14.3. The van der Waals surface area contributed by atoms with Gasteiger partial charge in [0.15, 0.2) is 0 Å². The number of halogens is 1. The Balaban J connectivity index is 2.50. The Kier molecular flexibility index (Phi) is 5.76. The van der Waals surface area contributed by atoms with Gasteiger partial charge >= 0.3 is 0 Å². The quantitative estimate of drug-likeness (QED) is 0.847. The second kappa shape index (κ2) is 7.57. The maximum atomic E-state index is 5.48. The summed E-state index contributed by atoms with van der Waals surface area (Å²) in [5, 5.41) is 3.58. The minimum absolute atomic E-state index is 0.0265. The number of methoxy groups -OCH3 is 1. The van der Waals surface area contributed by atoms with Crippen LogP contribution in [0.3, 0.4) is 0 Å². The molecule has 1 atom stereocenters. The molecule has 0 amide bonds. The molecule has 0 aliphatic heterocycles. The average molecular weight is 349 g/mol. The van der Waals surface area contributed by atoms with Crippen molar-refractivity contribution < 1.29 is 4.74 Å². The van der Waals surface area contributed by atoms with Crippen molar-refractivity contribution in [3.8, 4) is 5.75 Å². The first-order valence-corrected chi connectivity index (χ1v) is 7.95. The molecule has 4 heteroatoms. The number of nitrogens with zero attached hydrogens (tertiary/aromatic N) is 1. The first kappa shape index (κ1) is 16.0. The normalized spacial score (nSPS) is 12.2. The Morgan fingerprint density at radius 2 is 2.10 bits per heavy atom. The molecule has 0 aliphatic rings. The maximum Gasteiger partial charge on any atom is 0.142 e. The van der Waals surface area contributed by atoms with Crippen LogP contribution in [0.1, 0.15) is 36.2 Å². The molecule has 0 aliphatic carbocycles. The van der Waals surface area contributed by atoms with Gasteiger partial charge in [0.05, 0.1) is 13.2 Å². The Morgan fingerprint density at radius 1 is 1.29 bits per heavy atom. The first-order chi connectivity index (χ1) is 10.2. The summed E-state index contributed by atoms with van der Waals surface area (Å²) in [5.41, 5.74) is 3.36. The standard InChI is InChI=1S/C17H21BrN2O/c1-4-10-19-16(13-7-5-8-14(18)12(13)2)17-15(21-3)9-6-11-20-17/h5-9,11,16,19H,4,10H2,1-3H3. The van der Waals surface area contributed by atoms with Gasteiger partial charge in [-0.25, -0.2) is 0 Å². The van der Waals surface area contributed by atoms with Crippen LogP contribution >= 0.6 is 15.9 Å². The lowest BCUT2D eigenvalue weighted by Crippen LogP contribution is -2.25. The molecule has 3 nitrogen and oxygen atoms in total. The fourth-order valence-corrected chi connectivity index (χ4v) is 2.75. The van der Waals surface area contributed by atoms with E-state index in [1.807, 2.05) is 18.3 Å². The van der Waals surface area contributed by atoms with E-state index < -0.39 is 0 Å². The number of aromatic nitrogens is 1. The summed E-state index contributed by atoms with van der Waals surface area (Å²) < 4.78 is 6.59. The van der Waals surface area contributed by atoms with Gasteiger partial charge in [0.25, 0.3) is 0 Å². The highest BCUT2D eigenvalue weighted by Crippen LogP contribution is 2.32. The molecule has 1 heterocycles. The fourth-order valence-electron chi connectivity index (χ4n) is 2.37. The molecule has 0 radical (unpaired) electrons. The number of ether oxygens (including phenoxy) is 1. The summed E-state index contributed by atoms with van der Waals surface area (Å²) >= 11 is 3.61. The molecule has 1 aromatic carbocycles. The third-order valence-corrected chi connectivity index (χ3v) is 4.37. The van der Waals surface area contributed by atoms with E-state index >= 15 is 0 Å². The maximum absolute atomic E-state index is 5.48. The van der Waals surface area contributed by atoms with Gasteiger partial charge in [-0.3, -0.25) is 4.98 Å². The monoisotopic (exact) mass is 348 g/mol. The van der Waals surface area contributed by atoms with E-state index in [1.54, 1.807) is 7.11 Å².